The highest BCUT2D eigenvalue weighted by molar-refractivity contribution is 6.01. The number of hydrogen-bond donors (Lipinski definition) is 3. The van der Waals surface area contributed by atoms with Gasteiger partial charge in [-0.25, -0.2) is 0 Å². The zero-order valence-corrected chi connectivity index (χ0v) is 16.2. The largest absolute Gasteiger partial charge is 0.475 e. The molecule has 4 nitrogen and oxygen atoms in total. The van der Waals surface area contributed by atoms with Gasteiger partial charge in [0.25, 0.3) is 0 Å². The average molecular weight is 421 g/mol. The van der Waals surface area contributed by atoms with E-state index in [2.05, 4.69) is 9.97 Å². The number of alkyl halides is 3. The van der Waals surface area contributed by atoms with Crippen molar-refractivity contribution in [2.75, 3.05) is 5.73 Å². The second-order valence-electron chi connectivity index (χ2n) is 7.34. The molecule has 7 heteroatoms. The molecule has 0 saturated heterocycles. The van der Waals surface area contributed by atoms with Crippen LogP contribution in [-0.2, 0) is 0 Å². The van der Waals surface area contributed by atoms with Gasteiger partial charge in [-0.3, -0.25) is 0 Å². The van der Waals surface area contributed by atoms with Gasteiger partial charge >= 0.3 is 6.18 Å². The van der Waals surface area contributed by atoms with Crippen LogP contribution in [0.4, 0.5) is 19.0 Å². The van der Waals surface area contributed by atoms with Gasteiger partial charge in [-0.2, -0.15) is 13.2 Å². The fraction of sp³-hybridized carbons (Fsp3) is 0.0833. The van der Waals surface area contributed by atoms with Gasteiger partial charge in [0.15, 0.2) is 0 Å². The van der Waals surface area contributed by atoms with Crippen LogP contribution in [-0.4, -0.2) is 16.1 Å². The van der Waals surface area contributed by atoms with E-state index in [0.717, 1.165) is 22.0 Å². The number of fused-ring (bicyclic) bond motifs is 2. The van der Waals surface area contributed by atoms with E-state index in [9.17, 15) is 13.2 Å². The highest BCUT2D eigenvalue weighted by atomic mass is 19.4. The number of hydrogen-bond acceptors (Lipinski definition) is 2. The van der Waals surface area contributed by atoms with Crippen LogP contribution in [0, 0.1) is 0 Å². The van der Waals surface area contributed by atoms with Crippen molar-refractivity contribution in [1.29, 1.82) is 0 Å². The number of ether oxygens (including phenoxy) is 1. The lowest BCUT2D eigenvalue weighted by atomic mass is 10.0. The number of H-pyrrole nitrogens is 2. The number of halogens is 3. The molecule has 2 aromatic heterocycles. The number of nitrogens with one attached hydrogen (secondary N) is 2. The maximum absolute atomic E-state index is 13.8. The normalized spacial score (nSPS) is 13.0. The van der Waals surface area contributed by atoms with Crippen LogP contribution in [0.25, 0.3) is 32.9 Å². The Bertz CT molecular complexity index is 1330. The molecular weight excluding hydrogens is 403 g/mol. The minimum absolute atomic E-state index is 0.0429. The number of benzene rings is 3. The fourth-order valence-electron chi connectivity index (χ4n) is 3.85. The van der Waals surface area contributed by atoms with Gasteiger partial charge in [-0.15, -0.1) is 0 Å². The second kappa shape index (κ2) is 7.12. The SMILES string of the molecule is Nc1[nH]c2ccccc2c1-c1ccc(OC(c2cc3ccccc3[nH]2)C(F)(F)F)cc1. The predicted molar refractivity (Wildman–Crippen MR) is 116 cm³/mol. The van der Waals surface area contributed by atoms with Crippen molar-refractivity contribution in [3.63, 3.8) is 0 Å². The third-order valence-corrected chi connectivity index (χ3v) is 5.26. The van der Waals surface area contributed by atoms with Crippen molar-refractivity contribution >= 4 is 27.6 Å². The summed E-state index contributed by atoms with van der Waals surface area (Å²) in [6.45, 7) is 0. The van der Waals surface area contributed by atoms with Crippen molar-refractivity contribution in [3.05, 3.63) is 84.6 Å². The quantitative estimate of drug-likeness (QED) is 0.307. The number of rotatable bonds is 4. The number of nitrogen functional groups attached to an aromatic ring is 1. The van der Waals surface area contributed by atoms with E-state index >= 15 is 0 Å². The molecule has 0 amide bonds. The van der Waals surface area contributed by atoms with Gasteiger partial charge in [0, 0.05) is 22.0 Å². The van der Waals surface area contributed by atoms with Crippen molar-refractivity contribution in [1.82, 2.24) is 9.97 Å². The molecule has 0 radical (unpaired) electrons. The molecule has 0 fully saturated rings. The average Bonchev–Trinajstić information content (AvgIpc) is 3.31. The van der Waals surface area contributed by atoms with E-state index in [0.29, 0.717) is 16.7 Å². The minimum atomic E-state index is -4.58. The maximum atomic E-state index is 13.8. The van der Waals surface area contributed by atoms with Gasteiger partial charge in [-0.1, -0.05) is 48.5 Å². The third kappa shape index (κ3) is 3.48. The molecule has 2 heterocycles. The van der Waals surface area contributed by atoms with Crippen LogP contribution < -0.4 is 10.5 Å². The van der Waals surface area contributed by atoms with Crippen LogP contribution in [0.15, 0.2) is 78.9 Å². The zero-order chi connectivity index (χ0) is 21.6. The van der Waals surface area contributed by atoms with Crippen molar-refractivity contribution in [2.24, 2.45) is 0 Å². The minimum Gasteiger partial charge on any atom is -0.475 e. The van der Waals surface area contributed by atoms with E-state index < -0.39 is 12.3 Å². The second-order valence-corrected chi connectivity index (χ2v) is 7.34. The highest BCUT2D eigenvalue weighted by Gasteiger charge is 2.44. The third-order valence-electron chi connectivity index (χ3n) is 5.26. The molecule has 1 unspecified atom stereocenters. The fourth-order valence-corrected chi connectivity index (χ4v) is 3.85. The molecule has 0 aliphatic heterocycles. The van der Waals surface area contributed by atoms with E-state index in [4.69, 9.17) is 10.5 Å². The smallest absolute Gasteiger partial charge is 0.431 e. The molecule has 0 spiro atoms. The number of nitrogens with two attached hydrogens (primary N) is 1. The van der Waals surface area contributed by atoms with Crippen LogP contribution in [0.2, 0.25) is 0 Å². The monoisotopic (exact) mass is 421 g/mol. The summed E-state index contributed by atoms with van der Waals surface area (Å²) in [7, 11) is 0. The molecule has 5 rings (SSSR count). The summed E-state index contributed by atoms with van der Waals surface area (Å²) in [5, 5.41) is 1.64. The van der Waals surface area contributed by atoms with Crippen LogP contribution in [0.5, 0.6) is 5.75 Å². The first-order chi connectivity index (χ1) is 14.9. The maximum Gasteiger partial charge on any atom is 0.431 e. The Balaban J connectivity index is 1.47. The van der Waals surface area contributed by atoms with Gasteiger partial charge in [0.2, 0.25) is 6.10 Å². The van der Waals surface area contributed by atoms with Crippen molar-refractivity contribution in [3.8, 4) is 16.9 Å². The zero-order valence-electron chi connectivity index (χ0n) is 16.2. The van der Waals surface area contributed by atoms with E-state index in [1.54, 1.807) is 36.4 Å². The van der Waals surface area contributed by atoms with Gasteiger partial charge in [-0.05, 0) is 41.3 Å². The summed E-state index contributed by atoms with van der Waals surface area (Å²) >= 11 is 0. The van der Waals surface area contributed by atoms with Crippen molar-refractivity contribution in [2.45, 2.75) is 12.3 Å². The van der Waals surface area contributed by atoms with Crippen LogP contribution >= 0.6 is 0 Å². The lowest BCUT2D eigenvalue weighted by Gasteiger charge is -2.21. The van der Waals surface area contributed by atoms with Gasteiger partial charge in [0.05, 0.1) is 5.69 Å². The molecule has 156 valence electrons. The van der Waals surface area contributed by atoms with E-state index in [-0.39, 0.29) is 11.4 Å². The van der Waals surface area contributed by atoms with Gasteiger partial charge in [0.1, 0.15) is 11.6 Å². The summed E-state index contributed by atoms with van der Waals surface area (Å²) in [4.78, 5) is 5.94. The number of anilines is 1. The molecule has 3 aromatic carbocycles. The first-order valence-corrected chi connectivity index (χ1v) is 9.68. The first-order valence-electron chi connectivity index (χ1n) is 9.68. The lowest BCUT2D eigenvalue weighted by molar-refractivity contribution is -0.198. The Morgan fingerprint density at radius 3 is 2.19 bits per heavy atom. The summed E-state index contributed by atoms with van der Waals surface area (Å²) in [5.41, 5.74) is 9.21. The molecule has 0 bridgehead atoms. The molecule has 31 heavy (non-hydrogen) atoms. The topological polar surface area (TPSA) is 66.8 Å². The molecule has 0 aliphatic rings. The number of para-hydroxylation sites is 2. The summed E-state index contributed by atoms with van der Waals surface area (Å²) in [5.74, 6) is 0.615. The summed E-state index contributed by atoms with van der Waals surface area (Å²) in [6.07, 6.45) is -6.69. The van der Waals surface area contributed by atoms with Gasteiger partial charge < -0.3 is 20.4 Å². The molecule has 4 N–H and O–H groups in total. The van der Waals surface area contributed by atoms with E-state index in [1.165, 1.54) is 18.2 Å². The van der Waals surface area contributed by atoms with Crippen molar-refractivity contribution < 1.29 is 17.9 Å². The predicted octanol–water partition coefficient (Wildman–Crippen LogP) is 6.58. The first kappa shape index (κ1) is 19.1. The van der Waals surface area contributed by atoms with E-state index in [1.807, 2.05) is 24.3 Å². The Morgan fingerprint density at radius 2 is 1.48 bits per heavy atom. The van der Waals surface area contributed by atoms with Crippen LogP contribution in [0.3, 0.4) is 0 Å². The molecular formula is C24H18F3N3O. The molecule has 0 aliphatic carbocycles. The molecule has 5 aromatic rings. The standard InChI is InChI=1S/C24H18F3N3O/c25-24(26,27)22(20-13-15-5-1-3-7-18(15)29-20)31-16-11-9-14(10-12-16)21-17-6-2-4-8-19(17)30-23(21)28/h1-13,22,29-30H,28H2. The molecule has 0 saturated carbocycles. The summed E-state index contributed by atoms with van der Waals surface area (Å²) in [6, 6.07) is 22.6. The highest BCUT2D eigenvalue weighted by Crippen LogP contribution is 2.39. The Labute approximate surface area is 175 Å². The Morgan fingerprint density at radius 1 is 0.806 bits per heavy atom. The number of aromatic amines is 2. The van der Waals surface area contributed by atoms with Crippen LogP contribution in [0.1, 0.15) is 11.8 Å². The summed E-state index contributed by atoms with van der Waals surface area (Å²) < 4.78 is 46.7. The Kier molecular flexibility index (Phi) is 4.39. The Hall–Kier alpha value is -3.87. The number of aromatic nitrogens is 2. The lowest BCUT2D eigenvalue weighted by Crippen LogP contribution is -2.26. The molecule has 1 atom stereocenters.